The fourth-order valence-corrected chi connectivity index (χ4v) is 1.04. The highest BCUT2D eigenvalue weighted by molar-refractivity contribution is 5.94. The van der Waals surface area contributed by atoms with Gasteiger partial charge >= 0.3 is 0 Å². The molecule has 0 saturated carbocycles. The van der Waals surface area contributed by atoms with Crippen LogP contribution in [-0.4, -0.2) is 27.1 Å². The van der Waals surface area contributed by atoms with Crippen LogP contribution in [-0.2, 0) is 4.79 Å². The van der Waals surface area contributed by atoms with Crippen molar-refractivity contribution in [1.82, 2.24) is 0 Å². The van der Waals surface area contributed by atoms with Crippen molar-refractivity contribution in [1.29, 1.82) is 0 Å². The molecule has 1 aromatic heterocycles. The molecule has 1 aromatic rings. The summed E-state index contributed by atoms with van der Waals surface area (Å²) in [7, 11) is 5.53. The second kappa shape index (κ2) is 3.51. The fraction of sp³-hybridized carbons (Fsp3) is 0.444. The van der Waals surface area contributed by atoms with E-state index >= 15 is 0 Å². The predicted molar refractivity (Wildman–Crippen MR) is 52.1 cm³/mol. The van der Waals surface area contributed by atoms with Crippen LogP contribution in [0.5, 0.6) is 0 Å². The van der Waals surface area contributed by atoms with E-state index in [1.54, 1.807) is 24.5 Å². The van der Waals surface area contributed by atoms with Crippen LogP contribution in [0.4, 0.5) is 11.4 Å². The normalized spacial score (nSPS) is 9.85. The summed E-state index contributed by atoms with van der Waals surface area (Å²) in [6.45, 7) is 1.52. The van der Waals surface area contributed by atoms with E-state index in [9.17, 15) is 4.79 Å². The van der Waals surface area contributed by atoms with Crippen molar-refractivity contribution in [3.63, 3.8) is 0 Å². The minimum absolute atomic E-state index is 0.00972. The standard InChI is InChI=1S/C9H14N2O2/c1-7(12)11(4)9-6-13-5-8(9)10(2)3/h5-6H,1-4H3. The van der Waals surface area contributed by atoms with E-state index < -0.39 is 0 Å². The molecule has 4 heteroatoms. The molecule has 4 nitrogen and oxygen atoms in total. The highest BCUT2D eigenvalue weighted by atomic mass is 16.3. The molecule has 0 saturated heterocycles. The summed E-state index contributed by atoms with van der Waals surface area (Å²) in [5, 5.41) is 0. The topological polar surface area (TPSA) is 36.7 Å². The molecule has 0 bridgehead atoms. The summed E-state index contributed by atoms with van der Waals surface area (Å²) in [5.41, 5.74) is 1.69. The van der Waals surface area contributed by atoms with Crippen LogP contribution in [0.15, 0.2) is 16.9 Å². The number of furan rings is 1. The van der Waals surface area contributed by atoms with Crippen molar-refractivity contribution >= 4 is 17.3 Å². The van der Waals surface area contributed by atoms with Crippen LogP contribution in [0.2, 0.25) is 0 Å². The highest BCUT2D eigenvalue weighted by Crippen LogP contribution is 2.28. The van der Waals surface area contributed by atoms with Gasteiger partial charge in [0.15, 0.2) is 0 Å². The number of carbonyl (C=O) groups is 1. The van der Waals surface area contributed by atoms with Gasteiger partial charge in [-0.25, -0.2) is 0 Å². The maximum absolute atomic E-state index is 11.1. The third kappa shape index (κ3) is 1.83. The molecule has 0 aliphatic rings. The van der Waals surface area contributed by atoms with Gasteiger partial charge in [-0.05, 0) is 0 Å². The Balaban J connectivity index is 3.00. The van der Waals surface area contributed by atoms with Crippen molar-refractivity contribution in [3.8, 4) is 0 Å². The van der Waals surface area contributed by atoms with Gasteiger partial charge in [-0.15, -0.1) is 0 Å². The van der Waals surface area contributed by atoms with Crippen molar-refractivity contribution < 1.29 is 9.21 Å². The molecule has 0 spiro atoms. The van der Waals surface area contributed by atoms with Crippen molar-refractivity contribution in [2.45, 2.75) is 6.92 Å². The second-order valence-corrected chi connectivity index (χ2v) is 3.11. The van der Waals surface area contributed by atoms with Crippen molar-refractivity contribution in [2.75, 3.05) is 30.9 Å². The predicted octanol–water partition coefficient (Wildman–Crippen LogP) is 1.33. The van der Waals surface area contributed by atoms with Crippen molar-refractivity contribution in [2.24, 2.45) is 0 Å². The lowest BCUT2D eigenvalue weighted by atomic mass is 10.3. The first kappa shape index (κ1) is 9.64. The molecule has 1 amide bonds. The number of rotatable bonds is 2. The smallest absolute Gasteiger partial charge is 0.223 e. The lowest BCUT2D eigenvalue weighted by Gasteiger charge is -2.18. The molecule has 1 heterocycles. The van der Waals surface area contributed by atoms with E-state index in [2.05, 4.69) is 0 Å². The summed E-state index contributed by atoms with van der Waals surface area (Å²) in [5.74, 6) is -0.00972. The monoisotopic (exact) mass is 182 g/mol. The Labute approximate surface area is 77.7 Å². The van der Waals surface area contributed by atoms with Crippen LogP contribution in [0.25, 0.3) is 0 Å². The molecule has 0 radical (unpaired) electrons. The molecule has 0 fully saturated rings. The number of nitrogens with zero attached hydrogens (tertiary/aromatic N) is 2. The van der Waals surface area contributed by atoms with Crippen LogP contribution < -0.4 is 9.80 Å². The molecule has 0 N–H and O–H groups in total. The first-order valence-electron chi connectivity index (χ1n) is 4.02. The summed E-state index contributed by atoms with van der Waals surface area (Å²) < 4.78 is 5.04. The maximum Gasteiger partial charge on any atom is 0.223 e. The Bertz CT molecular complexity index is 304. The first-order valence-corrected chi connectivity index (χ1v) is 4.02. The molecule has 1 rings (SSSR count). The fourth-order valence-electron chi connectivity index (χ4n) is 1.04. The van der Waals surface area contributed by atoms with E-state index in [4.69, 9.17) is 4.42 Å². The zero-order valence-electron chi connectivity index (χ0n) is 8.37. The second-order valence-electron chi connectivity index (χ2n) is 3.11. The van der Waals surface area contributed by atoms with Crippen LogP contribution in [0, 0.1) is 0 Å². The molecular formula is C9H14N2O2. The molecule has 0 atom stereocenters. The lowest BCUT2D eigenvalue weighted by Crippen LogP contribution is -2.24. The van der Waals surface area contributed by atoms with Gasteiger partial charge in [0, 0.05) is 28.1 Å². The Morgan fingerprint density at radius 2 is 1.77 bits per heavy atom. The molecule has 0 aliphatic heterocycles. The Morgan fingerprint density at radius 1 is 1.23 bits per heavy atom. The van der Waals surface area contributed by atoms with Gasteiger partial charge in [-0.2, -0.15) is 0 Å². The number of carbonyl (C=O) groups excluding carboxylic acids is 1. The van der Waals surface area contributed by atoms with Crippen LogP contribution >= 0.6 is 0 Å². The zero-order chi connectivity index (χ0) is 10.0. The van der Waals surface area contributed by atoms with Gasteiger partial charge in [-0.1, -0.05) is 0 Å². The third-order valence-corrected chi connectivity index (χ3v) is 1.94. The minimum Gasteiger partial charge on any atom is -0.468 e. The summed E-state index contributed by atoms with van der Waals surface area (Å²) >= 11 is 0. The first-order chi connectivity index (χ1) is 6.04. The minimum atomic E-state index is -0.00972. The highest BCUT2D eigenvalue weighted by Gasteiger charge is 2.14. The van der Waals surface area contributed by atoms with E-state index in [0.717, 1.165) is 11.4 Å². The van der Waals surface area contributed by atoms with Gasteiger partial charge in [0.2, 0.25) is 5.91 Å². The quantitative estimate of drug-likeness (QED) is 0.692. The van der Waals surface area contributed by atoms with Gasteiger partial charge < -0.3 is 14.2 Å². The molecule has 13 heavy (non-hydrogen) atoms. The Hall–Kier alpha value is -1.45. The molecule has 0 aromatic carbocycles. The maximum atomic E-state index is 11.1. The average Bonchev–Trinajstić information content (AvgIpc) is 2.50. The number of hydrogen-bond donors (Lipinski definition) is 0. The Kier molecular flexibility index (Phi) is 2.60. The molecule has 0 unspecified atom stereocenters. The van der Waals surface area contributed by atoms with Crippen LogP contribution in [0.1, 0.15) is 6.92 Å². The van der Waals surface area contributed by atoms with Gasteiger partial charge in [0.1, 0.15) is 18.2 Å². The molecule has 0 aliphatic carbocycles. The molecule has 72 valence electrons. The average molecular weight is 182 g/mol. The van der Waals surface area contributed by atoms with Gasteiger partial charge in [-0.3, -0.25) is 4.79 Å². The summed E-state index contributed by atoms with van der Waals surface area (Å²) in [6, 6.07) is 0. The van der Waals surface area contributed by atoms with Gasteiger partial charge in [0.25, 0.3) is 0 Å². The SMILES string of the molecule is CC(=O)N(C)c1cocc1N(C)C. The number of amides is 1. The number of hydrogen-bond acceptors (Lipinski definition) is 3. The summed E-state index contributed by atoms with van der Waals surface area (Å²) in [6.07, 6.45) is 3.19. The van der Waals surface area contributed by atoms with E-state index in [0.29, 0.717) is 0 Å². The number of anilines is 2. The molecular weight excluding hydrogens is 168 g/mol. The van der Waals surface area contributed by atoms with E-state index in [1.165, 1.54) is 6.92 Å². The summed E-state index contributed by atoms with van der Waals surface area (Å²) in [4.78, 5) is 14.5. The largest absolute Gasteiger partial charge is 0.468 e. The lowest BCUT2D eigenvalue weighted by molar-refractivity contribution is -0.116. The van der Waals surface area contributed by atoms with Crippen LogP contribution in [0.3, 0.4) is 0 Å². The Morgan fingerprint density at radius 3 is 2.23 bits per heavy atom. The van der Waals surface area contributed by atoms with E-state index in [1.807, 2.05) is 19.0 Å². The van der Waals surface area contributed by atoms with E-state index in [-0.39, 0.29) is 5.91 Å². The zero-order valence-corrected chi connectivity index (χ0v) is 8.37. The van der Waals surface area contributed by atoms with Crippen molar-refractivity contribution in [3.05, 3.63) is 12.5 Å². The third-order valence-electron chi connectivity index (χ3n) is 1.94. The van der Waals surface area contributed by atoms with Gasteiger partial charge in [0.05, 0.1) is 5.69 Å².